The number of nitrogens with one attached hydrogen (secondary N) is 2. The Labute approximate surface area is 178 Å². The Hall–Kier alpha value is -3.38. The van der Waals surface area contributed by atoms with Gasteiger partial charge in [-0.1, -0.05) is 53.6 Å². The molecule has 0 saturated heterocycles. The minimum absolute atomic E-state index is 0.218. The average molecular weight is 421 g/mol. The highest BCUT2D eigenvalue weighted by Crippen LogP contribution is 2.15. The van der Waals surface area contributed by atoms with E-state index in [4.69, 9.17) is 11.6 Å². The SMILES string of the molecule is Cc1ccc(CNC(=O)c2c[nH]n3c(=O)c(Cc4ccc(Cl)cc4)c(C)nc23)cc1. The molecule has 2 heterocycles. The highest BCUT2D eigenvalue weighted by molar-refractivity contribution is 6.30. The van der Waals surface area contributed by atoms with Gasteiger partial charge in [-0.15, -0.1) is 0 Å². The van der Waals surface area contributed by atoms with Crippen LogP contribution in [0.4, 0.5) is 0 Å². The molecule has 0 spiro atoms. The van der Waals surface area contributed by atoms with Crippen molar-refractivity contribution in [1.29, 1.82) is 0 Å². The molecule has 0 radical (unpaired) electrons. The van der Waals surface area contributed by atoms with E-state index in [1.54, 1.807) is 19.1 Å². The summed E-state index contributed by atoms with van der Waals surface area (Å²) in [5.41, 5.74) is 4.73. The number of aromatic nitrogens is 3. The number of carbonyl (C=O) groups is 1. The molecule has 4 rings (SSSR count). The van der Waals surface area contributed by atoms with Crippen molar-refractivity contribution in [2.24, 2.45) is 0 Å². The fourth-order valence-electron chi connectivity index (χ4n) is 3.32. The van der Waals surface area contributed by atoms with E-state index in [2.05, 4.69) is 15.4 Å². The van der Waals surface area contributed by atoms with Crippen LogP contribution in [-0.2, 0) is 13.0 Å². The number of hydrogen-bond donors (Lipinski definition) is 2. The minimum Gasteiger partial charge on any atom is -0.348 e. The first-order chi connectivity index (χ1) is 14.4. The van der Waals surface area contributed by atoms with Crippen molar-refractivity contribution in [1.82, 2.24) is 19.9 Å². The summed E-state index contributed by atoms with van der Waals surface area (Å²) >= 11 is 5.94. The van der Waals surface area contributed by atoms with E-state index in [1.165, 1.54) is 10.7 Å². The molecule has 0 bridgehead atoms. The topological polar surface area (TPSA) is 79.3 Å². The first-order valence-electron chi connectivity index (χ1n) is 9.60. The van der Waals surface area contributed by atoms with Crippen LogP contribution in [0, 0.1) is 13.8 Å². The molecule has 0 unspecified atom stereocenters. The van der Waals surface area contributed by atoms with Crippen LogP contribution >= 0.6 is 11.6 Å². The van der Waals surface area contributed by atoms with Crippen molar-refractivity contribution in [3.05, 3.63) is 104 Å². The van der Waals surface area contributed by atoms with Crippen LogP contribution in [0.2, 0.25) is 5.02 Å². The Morgan fingerprint density at radius 3 is 2.43 bits per heavy atom. The molecule has 0 atom stereocenters. The van der Waals surface area contributed by atoms with Crippen LogP contribution in [0.3, 0.4) is 0 Å². The fourth-order valence-corrected chi connectivity index (χ4v) is 3.44. The third kappa shape index (κ3) is 4.00. The second-order valence-corrected chi connectivity index (χ2v) is 7.74. The Balaban J connectivity index is 1.60. The van der Waals surface area contributed by atoms with Crippen molar-refractivity contribution in [2.45, 2.75) is 26.8 Å². The van der Waals surface area contributed by atoms with E-state index < -0.39 is 0 Å². The summed E-state index contributed by atoms with van der Waals surface area (Å²) in [5.74, 6) is -0.286. The molecule has 2 N–H and O–H groups in total. The van der Waals surface area contributed by atoms with E-state index in [9.17, 15) is 9.59 Å². The number of carbonyl (C=O) groups excluding carboxylic acids is 1. The zero-order chi connectivity index (χ0) is 21.3. The van der Waals surface area contributed by atoms with Gasteiger partial charge in [-0.3, -0.25) is 14.7 Å². The van der Waals surface area contributed by atoms with Crippen molar-refractivity contribution in [3.8, 4) is 0 Å². The third-order valence-corrected chi connectivity index (χ3v) is 5.33. The Morgan fingerprint density at radius 1 is 1.07 bits per heavy atom. The number of hydrogen-bond acceptors (Lipinski definition) is 3. The number of fused-ring (bicyclic) bond motifs is 1. The van der Waals surface area contributed by atoms with E-state index in [1.807, 2.05) is 43.3 Å². The number of aromatic amines is 1. The minimum atomic E-state index is -0.286. The van der Waals surface area contributed by atoms with Crippen LogP contribution in [-0.4, -0.2) is 20.5 Å². The number of halogens is 1. The summed E-state index contributed by atoms with van der Waals surface area (Å²) in [4.78, 5) is 30.2. The smallest absolute Gasteiger partial charge is 0.276 e. The van der Waals surface area contributed by atoms with Crippen LogP contribution < -0.4 is 10.9 Å². The monoisotopic (exact) mass is 420 g/mol. The number of nitrogens with zero attached hydrogens (tertiary/aromatic N) is 2. The van der Waals surface area contributed by atoms with E-state index in [0.717, 1.165) is 16.7 Å². The molecule has 0 aliphatic heterocycles. The first kappa shape index (κ1) is 19.9. The fraction of sp³-hybridized carbons (Fsp3) is 0.174. The third-order valence-electron chi connectivity index (χ3n) is 5.07. The molecular formula is C23H21ClN4O2. The van der Waals surface area contributed by atoms with Gasteiger partial charge in [0.25, 0.3) is 11.5 Å². The molecule has 2 aromatic heterocycles. The van der Waals surface area contributed by atoms with Gasteiger partial charge in [-0.25, -0.2) is 9.50 Å². The number of rotatable bonds is 5. The second-order valence-electron chi connectivity index (χ2n) is 7.30. The van der Waals surface area contributed by atoms with Gasteiger partial charge in [0, 0.05) is 35.4 Å². The first-order valence-corrected chi connectivity index (χ1v) is 9.98. The largest absolute Gasteiger partial charge is 0.348 e. The maximum atomic E-state index is 13.0. The summed E-state index contributed by atoms with van der Waals surface area (Å²) in [6.07, 6.45) is 1.95. The molecule has 152 valence electrons. The molecule has 2 aromatic carbocycles. The molecule has 1 amide bonds. The molecule has 7 heteroatoms. The number of aryl methyl sites for hydroxylation is 2. The maximum absolute atomic E-state index is 13.0. The van der Waals surface area contributed by atoms with Gasteiger partial charge < -0.3 is 5.32 Å². The van der Waals surface area contributed by atoms with Crippen molar-refractivity contribution in [2.75, 3.05) is 0 Å². The summed E-state index contributed by atoms with van der Waals surface area (Å²) < 4.78 is 1.32. The maximum Gasteiger partial charge on any atom is 0.276 e. The van der Waals surface area contributed by atoms with Gasteiger partial charge in [0.2, 0.25) is 0 Å². The lowest BCUT2D eigenvalue weighted by atomic mass is 10.1. The van der Waals surface area contributed by atoms with Gasteiger partial charge in [0.05, 0.1) is 0 Å². The van der Waals surface area contributed by atoms with E-state index in [-0.39, 0.29) is 11.5 Å². The molecule has 6 nitrogen and oxygen atoms in total. The number of benzene rings is 2. The van der Waals surface area contributed by atoms with Gasteiger partial charge in [-0.2, -0.15) is 0 Å². The number of amides is 1. The Kier molecular flexibility index (Phi) is 5.42. The van der Waals surface area contributed by atoms with E-state index >= 15 is 0 Å². The highest BCUT2D eigenvalue weighted by Gasteiger charge is 2.18. The van der Waals surface area contributed by atoms with Crippen LogP contribution in [0.1, 0.15) is 38.3 Å². The second kappa shape index (κ2) is 8.16. The predicted molar refractivity (Wildman–Crippen MR) is 117 cm³/mol. The summed E-state index contributed by atoms with van der Waals surface area (Å²) in [7, 11) is 0. The van der Waals surface area contributed by atoms with Crippen LogP contribution in [0.15, 0.2) is 59.5 Å². The summed E-state index contributed by atoms with van der Waals surface area (Å²) in [5, 5.41) is 6.39. The van der Waals surface area contributed by atoms with Crippen molar-refractivity contribution >= 4 is 23.2 Å². The lowest BCUT2D eigenvalue weighted by molar-refractivity contribution is 0.0952. The standard InChI is InChI=1S/C23H21ClN4O2/c1-14-3-5-17(6-4-14)12-25-22(29)20-13-26-28-21(20)27-15(2)19(23(28)30)11-16-7-9-18(24)10-8-16/h3-10,13,26H,11-12H2,1-2H3,(H,25,29). The van der Waals surface area contributed by atoms with Gasteiger partial charge in [-0.05, 0) is 37.1 Å². The lowest BCUT2D eigenvalue weighted by Gasteiger charge is -2.07. The normalized spacial score (nSPS) is 11.0. The Morgan fingerprint density at radius 2 is 1.73 bits per heavy atom. The quantitative estimate of drug-likeness (QED) is 0.515. The van der Waals surface area contributed by atoms with Crippen LogP contribution in [0.25, 0.3) is 5.65 Å². The highest BCUT2D eigenvalue weighted by atomic mass is 35.5. The van der Waals surface area contributed by atoms with Crippen LogP contribution in [0.5, 0.6) is 0 Å². The molecule has 4 aromatic rings. The zero-order valence-corrected chi connectivity index (χ0v) is 17.5. The molecular weight excluding hydrogens is 400 g/mol. The predicted octanol–water partition coefficient (Wildman–Crippen LogP) is 3.81. The number of H-pyrrole nitrogens is 1. The van der Waals surface area contributed by atoms with Gasteiger partial charge in [0.1, 0.15) is 5.56 Å². The Bertz CT molecular complexity index is 1270. The molecule has 0 aliphatic carbocycles. The molecule has 0 fully saturated rings. The van der Waals surface area contributed by atoms with Gasteiger partial charge in [0.15, 0.2) is 5.65 Å². The molecule has 30 heavy (non-hydrogen) atoms. The van der Waals surface area contributed by atoms with Crippen molar-refractivity contribution < 1.29 is 4.79 Å². The molecule has 0 aliphatic rings. The molecule has 0 saturated carbocycles. The lowest BCUT2D eigenvalue weighted by Crippen LogP contribution is -2.25. The van der Waals surface area contributed by atoms with E-state index in [0.29, 0.717) is 40.5 Å². The summed E-state index contributed by atoms with van der Waals surface area (Å²) in [6.45, 7) is 4.20. The zero-order valence-electron chi connectivity index (χ0n) is 16.7. The average Bonchev–Trinajstić information content (AvgIpc) is 3.16. The van der Waals surface area contributed by atoms with Gasteiger partial charge >= 0.3 is 0 Å². The summed E-state index contributed by atoms with van der Waals surface area (Å²) in [6, 6.07) is 15.3. The van der Waals surface area contributed by atoms with Crippen molar-refractivity contribution in [3.63, 3.8) is 0 Å².